The third-order valence-corrected chi connectivity index (χ3v) is 4.23. The zero-order chi connectivity index (χ0) is 10.1. The molecule has 0 saturated heterocycles. The Morgan fingerprint density at radius 1 is 1.43 bits per heavy atom. The van der Waals surface area contributed by atoms with E-state index in [1.165, 1.54) is 31.3 Å². The molecule has 4 unspecified atom stereocenters. The Hall–Kier alpha value is -0.520. The van der Waals surface area contributed by atoms with Crippen LogP contribution in [0.15, 0.2) is 24.3 Å². The molecule has 0 heteroatoms. The molecular formula is C14H22. The lowest BCUT2D eigenvalue weighted by atomic mass is 9.86. The lowest BCUT2D eigenvalue weighted by Crippen LogP contribution is -2.09. The topological polar surface area (TPSA) is 0 Å². The fourth-order valence-corrected chi connectivity index (χ4v) is 2.94. The van der Waals surface area contributed by atoms with Crippen molar-refractivity contribution in [3.63, 3.8) is 0 Å². The van der Waals surface area contributed by atoms with Crippen LogP contribution in [-0.4, -0.2) is 0 Å². The lowest BCUT2D eigenvalue weighted by molar-refractivity contribution is 0.380. The quantitative estimate of drug-likeness (QED) is 0.583. The summed E-state index contributed by atoms with van der Waals surface area (Å²) in [6.07, 6.45) is 10.6. The van der Waals surface area contributed by atoms with Crippen LogP contribution in [0.2, 0.25) is 0 Å². The van der Waals surface area contributed by atoms with Crippen molar-refractivity contribution < 1.29 is 0 Å². The van der Waals surface area contributed by atoms with Crippen molar-refractivity contribution >= 4 is 0 Å². The Balaban J connectivity index is 1.77. The zero-order valence-corrected chi connectivity index (χ0v) is 9.50. The maximum absolute atomic E-state index is 4.03. The van der Waals surface area contributed by atoms with E-state index in [0.29, 0.717) is 0 Å². The molecule has 14 heavy (non-hydrogen) atoms. The van der Waals surface area contributed by atoms with Crippen LogP contribution < -0.4 is 0 Å². The molecule has 0 heterocycles. The third kappa shape index (κ3) is 1.94. The highest BCUT2D eigenvalue weighted by Crippen LogP contribution is 2.45. The molecule has 0 N–H and O–H groups in total. The average Bonchev–Trinajstić information content (AvgIpc) is 2.74. The van der Waals surface area contributed by atoms with Gasteiger partial charge in [-0.15, -0.1) is 0 Å². The summed E-state index contributed by atoms with van der Waals surface area (Å²) in [5.41, 5.74) is 1.35. The molecule has 0 amide bonds. The van der Waals surface area contributed by atoms with Gasteiger partial charge in [-0.05, 0) is 56.3 Å². The van der Waals surface area contributed by atoms with Crippen molar-refractivity contribution in [1.82, 2.24) is 0 Å². The maximum Gasteiger partial charge on any atom is -0.0199 e. The first-order chi connectivity index (χ1) is 6.66. The highest BCUT2D eigenvalue weighted by molar-refractivity contribution is 5.10. The van der Waals surface area contributed by atoms with Crippen LogP contribution in [0.3, 0.4) is 0 Å². The molecule has 1 saturated carbocycles. The van der Waals surface area contributed by atoms with Gasteiger partial charge in [0.1, 0.15) is 0 Å². The highest BCUT2D eigenvalue weighted by Gasteiger charge is 2.35. The summed E-state index contributed by atoms with van der Waals surface area (Å²) in [5, 5.41) is 0. The largest absolute Gasteiger partial charge is 0.0999 e. The molecule has 2 aliphatic rings. The van der Waals surface area contributed by atoms with Crippen molar-refractivity contribution in [2.75, 3.05) is 0 Å². The Morgan fingerprint density at radius 3 is 2.71 bits per heavy atom. The maximum atomic E-state index is 4.03. The normalized spacial score (nSPS) is 36.3. The van der Waals surface area contributed by atoms with E-state index < -0.39 is 0 Å². The first kappa shape index (κ1) is 10.0. The number of hydrogen-bond acceptors (Lipinski definition) is 0. The Morgan fingerprint density at radius 2 is 2.21 bits per heavy atom. The van der Waals surface area contributed by atoms with Gasteiger partial charge in [0.15, 0.2) is 0 Å². The monoisotopic (exact) mass is 190 g/mol. The minimum absolute atomic E-state index is 0.720. The summed E-state index contributed by atoms with van der Waals surface area (Å²) in [5.74, 6) is 3.58. The predicted molar refractivity (Wildman–Crippen MR) is 62.1 cm³/mol. The van der Waals surface area contributed by atoms with Gasteiger partial charge >= 0.3 is 0 Å². The molecule has 0 aromatic rings. The van der Waals surface area contributed by atoms with E-state index in [-0.39, 0.29) is 0 Å². The molecule has 0 nitrogen and oxygen atoms in total. The van der Waals surface area contributed by atoms with Gasteiger partial charge in [-0.2, -0.15) is 0 Å². The summed E-state index contributed by atoms with van der Waals surface area (Å²) in [6, 6.07) is 0. The van der Waals surface area contributed by atoms with E-state index in [1.54, 1.807) is 0 Å². The second kappa shape index (κ2) is 3.92. The molecule has 0 spiro atoms. The standard InChI is InChI=1S/C14H22/c1-10(2)11(3)4-6-13-8-12-5-7-14(13)9-12/h5,7,11-14H,1,4,6,8-9H2,2-3H3. The van der Waals surface area contributed by atoms with Crippen molar-refractivity contribution in [2.24, 2.45) is 23.7 Å². The molecular weight excluding hydrogens is 168 g/mol. The van der Waals surface area contributed by atoms with Gasteiger partial charge in [0, 0.05) is 0 Å². The van der Waals surface area contributed by atoms with Gasteiger partial charge in [-0.3, -0.25) is 0 Å². The van der Waals surface area contributed by atoms with Gasteiger partial charge in [-0.1, -0.05) is 31.2 Å². The van der Waals surface area contributed by atoms with Crippen LogP contribution >= 0.6 is 0 Å². The van der Waals surface area contributed by atoms with Crippen LogP contribution in [0, 0.1) is 23.7 Å². The third-order valence-electron chi connectivity index (χ3n) is 4.23. The lowest BCUT2D eigenvalue weighted by Gasteiger charge is -2.20. The second-order valence-electron chi connectivity index (χ2n) is 5.37. The van der Waals surface area contributed by atoms with Crippen molar-refractivity contribution in [3.8, 4) is 0 Å². The van der Waals surface area contributed by atoms with E-state index in [0.717, 1.165) is 23.7 Å². The van der Waals surface area contributed by atoms with Crippen LogP contribution in [0.5, 0.6) is 0 Å². The van der Waals surface area contributed by atoms with Crippen LogP contribution in [-0.2, 0) is 0 Å². The molecule has 78 valence electrons. The van der Waals surface area contributed by atoms with E-state index >= 15 is 0 Å². The number of fused-ring (bicyclic) bond motifs is 2. The molecule has 0 aromatic carbocycles. The molecule has 0 aliphatic heterocycles. The molecule has 1 fully saturated rings. The van der Waals surface area contributed by atoms with E-state index in [2.05, 4.69) is 32.6 Å². The summed E-state index contributed by atoms with van der Waals surface area (Å²) in [7, 11) is 0. The molecule has 0 aromatic heterocycles. The SMILES string of the molecule is C=C(C)C(C)CCC1CC2C=CC1C2. The van der Waals surface area contributed by atoms with E-state index in [9.17, 15) is 0 Å². The van der Waals surface area contributed by atoms with Gasteiger partial charge in [0.2, 0.25) is 0 Å². The molecule has 2 bridgehead atoms. The van der Waals surface area contributed by atoms with Gasteiger partial charge in [0.05, 0.1) is 0 Å². The fourth-order valence-electron chi connectivity index (χ4n) is 2.94. The molecule has 0 radical (unpaired) electrons. The van der Waals surface area contributed by atoms with Gasteiger partial charge in [-0.25, -0.2) is 0 Å². The summed E-state index contributed by atoms with van der Waals surface area (Å²) in [4.78, 5) is 0. The molecule has 2 rings (SSSR count). The average molecular weight is 190 g/mol. The van der Waals surface area contributed by atoms with Crippen molar-refractivity contribution in [3.05, 3.63) is 24.3 Å². The Bertz CT molecular complexity index is 249. The Labute approximate surface area is 88.1 Å². The van der Waals surface area contributed by atoms with Crippen molar-refractivity contribution in [1.29, 1.82) is 0 Å². The van der Waals surface area contributed by atoms with Gasteiger partial charge in [0.25, 0.3) is 0 Å². The van der Waals surface area contributed by atoms with E-state index in [4.69, 9.17) is 0 Å². The van der Waals surface area contributed by atoms with Crippen LogP contribution in [0.25, 0.3) is 0 Å². The van der Waals surface area contributed by atoms with Crippen LogP contribution in [0.1, 0.15) is 39.5 Å². The Kier molecular flexibility index (Phi) is 2.80. The first-order valence-electron chi connectivity index (χ1n) is 6.00. The van der Waals surface area contributed by atoms with Crippen molar-refractivity contribution in [2.45, 2.75) is 39.5 Å². The van der Waals surface area contributed by atoms with Crippen LogP contribution in [0.4, 0.5) is 0 Å². The first-order valence-corrected chi connectivity index (χ1v) is 6.00. The predicted octanol–water partition coefficient (Wildman–Crippen LogP) is 4.19. The number of allylic oxidation sites excluding steroid dienone is 3. The van der Waals surface area contributed by atoms with Gasteiger partial charge < -0.3 is 0 Å². The zero-order valence-electron chi connectivity index (χ0n) is 9.50. The summed E-state index contributed by atoms with van der Waals surface area (Å²) < 4.78 is 0. The summed E-state index contributed by atoms with van der Waals surface area (Å²) >= 11 is 0. The molecule has 4 atom stereocenters. The highest BCUT2D eigenvalue weighted by atomic mass is 14.4. The fraction of sp³-hybridized carbons (Fsp3) is 0.714. The number of hydrogen-bond donors (Lipinski definition) is 0. The van der Waals surface area contributed by atoms with E-state index in [1.807, 2.05) is 0 Å². The summed E-state index contributed by atoms with van der Waals surface area (Å²) in [6.45, 7) is 8.50. The minimum atomic E-state index is 0.720. The minimum Gasteiger partial charge on any atom is -0.0999 e. The molecule has 2 aliphatic carbocycles. The smallest absolute Gasteiger partial charge is 0.0199 e. The number of rotatable bonds is 4. The second-order valence-corrected chi connectivity index (χ2v) is 5.37.